The number of halogens is 1. The zero-order valence-electron chi connectivity index (χ0n) is 11.9. The molecule has 0 atom stereocenters. The molecule has 0 bridgehead atoms. The van der Waals surface area contributed by atoms with Crippen LogP contribution in [0.4, 0.5) is 0 Å². The molecule has 1 aliphatic rings. The van der Waals surface area contributed by atoms with Gasteiger partial charge >= 0.3 is 0 Å². The quantitative estimate of drug-likeness (QED) is 0.833. The van der Waals surface area contributed by atoms with Gasteiger partial charge in [0, 0.05) is 26.1 Å². The third-order valence-electron chi connectivity index (χ3n) is 3.44. The number of piperidine rings is 1. The summed E-state index contributed by atoms with van der Waals surface area (Å²) >= 11 is 4.50. The summed E-state index contributed by atoms with van der Waals surface area (Å²) < 4.78 is 27.8. The van der Waals surface area contributed by atoms with E-state index < -0.39 is 10.0 Å². The second kappa shape index (κ2) is 7.21. The predicted octanol–water partition coefficient (Wildman–Crippen LogP) is 2.50. The first kappa shape index (κ1) is 16.9. The smallest absolute Gasteiger partial charge is 0.250 e. The standard InChI is InChI=1S/C13H19BrN2O3S2/c1-10-9-12(20-13(10)14)21(18,19)15-6-5-11(17)16-7-3-2-4-8-16/h9,15H,2-8H2,1H3. The first-order valence-electron chi connectivity index (χ1n) is 6.93. The maximum Gasteiger partial charge on any atom is 0.250 e. The van der Waals surface area contributed by atoms with Gasteiger partial charge in [0.25, 0.3) is 0 Å². The van der Waals surface area contributed by atoms with Crippen molar-refractivity contribution < 1.29 is 13.2 Å². The highest BCUT2D eigenvalue weighted by Gasteiger charge is 2.20. The summed E-state index contributed by atoms with van der Waals surface area (Å²) in [6, 6.07) is 1.63. The molecule has 0 aromatic carbocycles. The molecule has 0 unspecified atom stereocenters. The number of nitrogens with one attached hydrogen (secondary N) is 1. The number of nitrogens with zero attached hydrogens (tertiary/aromatic N) is 1. The lowest BCUT2D eigenvalue weighted by Gasteiger charge is -2.26. The monoisotopic (exact) mass is 394 g/mol. The zero-order chi connectivity index (χ0) is 15.5. The molecule has 1 fully saturated rings. The second-order valence-corrected chi connectivity index (χ2v) is 9.48. The summed E-state index contributed by atoms with van der Waals surface area (Å²) in [7, 11) is -3.52. The van der Waals surface area contributed by atoms with Crippen LogP contribution in [0.1, 0.15) is 31.2 Å². The fourth-order valence-electron chi connectivity index (χ4n) is 2.23. The van der Waals surface area contributed by atoms with E-state index in [9.17, 15) is 13.2 Å². The maximum absolute atomic E-state index is 12.1. The van der Waals surface area contributed by atoms with E-state index in [1.165, 1.54) is 17.8 Å². The summed E-state index contributed by atoms with van der Waals surface area (Å²) in [4.78, 5) is 13.8. The number of carbonyl (C=O) groups excluding carboxylic acids is 1. The molecule has 0 saturated carbocycles. The minimum absolute atomic E-state index is 0.0286. The molecule has 1 saturated heterocycles. The van der Waals surface area contributed by atoms with E-state index in [4.69, 9.17) is 0 Å². The molecule has 2 heterocycles. The molecule has 1 aromatic heterocycles. The Bertz CT molecular complexity index is 587. The summed E-state index contributed by atoms with van der Waals surface area (Å²) in [6.45, 7) is 3.58. The molecule has 1 aliphatic heterocycles. The van der Waals surface area contributed by atoms with Gasteiger partial charge in [-0.25, -0.2) is 13.1 Å². The molecule has 8 heteroatoms. The number of sulfonamides is 1. The van der Waals surface area contributed by atoms with E-state index in [1.807, 2.05) is 11.8 Å². The van der Waals surface area contributed by atoms with E-state index in [-0.39, 0.29) is 23.1 Å². The first-order valence-corrected chi connectivity index (χ1v) is 10.0. The minimum atomic E-state index is -3.52. The fraction of sp³-hybridized carbons (Fsp3) is 0.615. The van der Waals surface area contributed by atoms with Crippen molar-refractivity contribution in [3.63, 3.8) is 0 Å². The molecule has 118 valence electrons. The lowest BCUT2D eigenvalue weighted by atomic mass is 10.1. The lowest BCUT2D eigenvalue weighted by molar-refractivity contribution is -0.131. The van der Waals surface area contributed by atoms with Gasteiger partial charge in [0.2, 0.25) is 15.9 Å². The van der Waals surface area contributed by atoms with Crippen molar-refractivity contribution in [2.75, 3.05) is 19.6 Å². The highest BCUT2D eigenvalue weighted by Crippen LogP contribution is 2.30. The topological polar surface area (TPSA) is 66.5 Å². The SMILES string of the molecule is Cc1cc(S(=O)(=O)NCCC(=O)N2CCCCC2)sc1Br. The Balaban J connectivity index is 1.85. The molecular formula is C13H19BrN2O3S2. The van der Waals surface area contributed by atoms with Crippen LogP contribution in [0.15, 0.2) is 14.1 Å². The van der Waals surface area contributed by atoms with E-state index in [0.717, 1.165) is 35.3 Å². The Labute approximate surface area is 137 Å². The normalized spacial score (nSPS) is 16.2. The molecule has 1 aromatic rings. The Morgan fingerprint density at radius 3 is 2.62 bits per heavy atom. The molecule has 5 nitrogen and oxygen atoms in total. The van der Waals surface area contributed by atoms with Crippen molar-refractivity contribution in [2.45, 2.75) is 36.8 Å². The summed E-state index contributed by atoms with van der Waals surface area (Å²) in [5, 5.41) is 0. The van der Waals surface area contributed by atoms with Crippen LogP contribution in [-0.2, 0) is 14.8 Å². The zero-order valence-corrected chi connectivity index (χ0v) is 15.1. The first-order chi connectivity index (χ1) is 9.90. The second-order valence-electron chi connectivity index (χ2n) is 5.11. The largest absolute Gasteiger partial charge is 0.343 e. The van der Waals surface area contributed by atoms with Gasteiger partial charge in [-0.2, -0.15) is 0 Å². The molecule has 0 radical (unpaired) electrons. The minimum Gasteiger partial charge on any atom is -0.343 e. The molecule has 0 aliphatic carbocycles. The van der Waals surface area contributed by atoms with Gasteiger partial charge < -0.3 is 4.90 Å². The Morgan fingerprint density at radius 1 is 1.38 bits per heavy atom. The van der Waals surface area contributed by atoms with E-state index in [0.29, 0.717) is 0 Å². The van der Waals surface area contributed by atoms with Crippen LogP contribution >= 0.6 is 27.3 Å². The number of likely N-dealkylation sites (tertiary alicyclic amines) is 1. The van der Waals surface area contributed by atoms with Crippen LogP contribution in [-0.4, -0.2) is 38.9 Å². The van der Waals surface area contributed by atoms with E-state index >= 15 is 0 Å². The van der Waals surface area contributed by atoms with Gasteiger partial charge in [0.05, 0.1) is 3.79 Å². The third kappa shape index (κ3) is 4.51. The number of aryl methyl sites for hydroxylation is 1. The predicted molar refractivity (Wildman–Crippen MR) is 87.0 cm³/mol. The van der Waals surface area contributed by atoms with Crippen LogP contribution in [0.5, 0.6) is 0 Å². The highest BCUT2D eigenvalue weighted by molar-refractivity contribution is 9.11. The van der Waals surface area contributed by atoms with Crippen LogP contribution in [0.2, 0.25) is 0 Å². The molecule has 1 amide bonds. The Kier molecular flexibility index (Phi) is 5.81. The van der Waals surface area contributed by atoms with Gasteiger partial charge in [0.1, 0.15) is 4.21 Å². The van der Waals surface area contributed by atoms with Crippen molar-refractivity contribution in [1.82, 2.24) is 9.62 Å². The Morgan fingerprint density at radius 2 is 2.05 bits per heavy atom. The number of carbonyl (C=O) groups is 1. The fourth-order valence-corrected chi connectivity index (χ4v) is 5.53. The molecule has 0 spiro atoms. The molecule has 21 heavy (non-hydrogen) atoms. The van der Waals surface area contributed by atoms with Crippen LogP contribution in [0, 0.1) is 6.92 Å². The molecule has 1 N–H and O–H groups in total. The number of amides is 1. The summed E-state index contributed by atoms with van der Waals surface area (Å²) in [6.07, 6.45) is 3.47. The van der Waals surface area contributed by atoms with Gasteiger partial charge in [-0.05, 0) is 53.7 Å². The van der Waals surface area contributed by atoms with Crippen molar-refractivity contribution in [2.24, 2.45) is 0 Å². The van der Waals surface area contributed by atoms with Crippen molar-refractivity contribution in [3.8, 4) is 0 Å². The highest BCUT2D eigenvalue weighted by atomic mass is 79.9. The molecule has 2 rings (SSSR count). The number of hydrogen-bond donors (Lipinski definition) is 1. The van der Waals surface area contributed by atoms with Gasteiger partial charge in [-0.3, -0.25) is 4.79 Å². The third-order valence-corrected chi connectivity index (χ3v) is 7.51. The van der Waals surface area contributed by atoms with Gasteiger partial charge in [-0.1, -0.05) is 0 Å². The maximum atomic E-state index is 12.1. The van der Waals surface area contributed by atoms with E-state index in [2.05, 4.69) is 20.7 Å². The number of hydrogen-bond acceptors (Lipinski definition) is 4. The van der Waals surface area contributed by atoms with Gasteiger partial charge in [0.15, 0.2) is 0 Å². The van der Waals surface area contributed by atoms with Crippen LogP contribution < -0.4 is 4.72 Å². The van der Waals surface area contributed by atoms with Crippen molar-refractivity contribution in [1.29, 1.82) is 0 Å². The number of rotatable bonds is 5. The van der Waals surface area contributed by atoms with Crippen LogP contribution in [0.3, 0.4) is 0 Å². The van der Waals surface area contributed by atoms with Crippen molar-refractivity contribution in [3.05, 3.63) is 15.4 Å². The average Bonchev–Trinajstić information content (AvgIpc) is 2.80. The molecular weight excluding hydrogens is 376 g/mol. The number of thiophene rings is 1. The van der Waals surface area contributed by atoms with E-state index in [1.54, 1.807) is 6.07 Å². The average molecular weight is 395 g/mol. The summed E-state index contributed by atoms with van der Waals surface area (Å²) in [5.41, 5.74) is 0.893. The van der Waals surface area contributed by atoms with Gasteiger partial charge in [-0.15, -0.1) is 11.3 Å². The lowest BCUT2D eigenvalue weighted by Crippen LogP contribution is -2.37. The Hall–Kier alpha value is -0.440. The summed E-state index contributed by atoms with van der Waals surface area (Å²) in [5.74, 6) is 0.0286. The van der Waals surface area contributed by atoms with Crippen LogP contribution in [0.25, 0.3) is 0 Å². The van der Waals surface area contributed by atoms with Crippen molar-refractivity contribution >= 4 is 43.2 Å².